The first-order valence-electron chi connectivity index (χ1n) is 6.44. The van der Waals surface area contributed by atoms with Gasteiger partial charge in [-0.3, -0.25) is 0 Å². The van der Waals surface area contributed by atoms with Crippen LogP contribution in [0, 0.1) is 5.92 Å². The lowest BCUT2D eigenvalue weighted by Gasteiger charge is -2.24. The normalized spacial score (nSPS) is 25.4. The van der Waals surface area contributed by atoms with Crippen molar-refractivity contribution in [3.63, 3.8) is 0 Å². The minimum absolute atomic E-state index is 0.0619. The van der Waals surface area contributed by atoms with Crippen molar-refractivity contribution in [1.82, 2.24) is 9.62 Å². The van der Waals surface area contributed by atoms with E-state index < -0.39 is 10.0 Å². The van der Waals surface area contributed by atoms with Crippen LogP contribution in [-0.2, 0) is 10.0 Å². The maximum atomic E-state index is 12.1. The monoisotopic (exact) mass is 258 g/mol. The van der Waals surface area contributed by atoms with Crippen LogP contribution in [0.1, 0.15) is 25.7 Å². The van der Waals surface area contributed by atoms with E-state index in [1.165, 1.54) is 18.9 Å². The van der Waals surface area contributed by atoms with Crippen LogP contribution in [0.5, 0.6) is 0 Å². The van der Waals surface area contributed by atoms with E-state index in [4.69, 9.17) is 0 Å². The average molecular weight is 258 g/mol. The lowest BCUT2D eigenvalue weighted by atomic mass is 10.2. The number of hydrogen-bond acceptors (Lipinski definition) is 3. The lowest BCUT2D eigenvalue weighted by Crippen LogP contribution is -2.42. The van der Waals surface area contributed by atoms with Gasteiger partial charge in [-0.1, -0.05) is 6.08 Å². The molecule has 4 nitrogen and oxygen atoms in total. The SMILES string of the molecule is C=CCS(=O)(=O)N(CC1CC1)CC1CCCN1. The summed E-state index contributed by atoms with van der Waals surface area (Å²) in [5.74, 6) is 0.655. The summed E-state index contributed by atoms with van der Waals surface area (Å²) in [5, 5.41) is 3.36. The third-order valence-corrected chi connectivity index (χ3v) is 5.21. The van der Waals surface area contributed by atoms with Crippen LogP contribution in [0.15, 0.2) is 12.7 Å². The second-order valence-corrected chi connectivity index (χ2v) is 7.13. The van der Waals surface area contributed by atoms with Crippen LogP contribution in [0.3, 0.4) is 0 Å². The predicted molar refractivity (Wildman–Crippen MR) is 69.3 cm³/mol. The topological polar surface area (TPSA) is 49.4 Å². The first-order chi connectivity index (χ1) is 8.12. The van der Waals surface area contributed by atoms with Gasteiger partial charge in [0.05, 0.1) is 5.75 Å². The zero-order valence-corrected chi connectivity index (χ0v) is 11.1. The second kappa shape index (κ2) is 5.50. The lowest BCUT2D eigenvalue weighted by molar-refractivity contribution is 0.359. The van der Waals surface area contributed by atoms with Crippen molar-refractivity contribution in [2.24, 2.45) is 5.92 Å². The standard InChI is InChI=1S/C12H22N2O2S/c1-2-8-17(15,16)14(9-11-5-6-11)10-12-4-3-7-13-12/h2,11-13H,1,3-10H2. The van der Waals surface area contributed by atoms with Gasteiger partial charge in [0.2, 0.25) is 10.0 Å². The quantitative estimate of drug-likeness (QED) is 0.692. The zero-order valence-electron chi connectivity index (χ0n) is 10.3. The molecule has 1 heterocycles. The predicted octanol–water partition coefficient (Wildman–Crippen LogP) is 0.966. The molecule has 2 fully saturated rings. The number of hydrogen-bond donors (Lipinski definition) is 1. The summed E-state index contributed by atoms with van der Waals surface area (Å²) in [4.78, 5) is 0. The van der Waals surface area contributed by atoms with Crippen LogP contribution < -0.4 is 5.32 Å². The Hall–Kier alpha value is -0.390. The largest absolute Gasteiger partial charge is 0.313 e. The molecule has 0 spiro atoms. The minimum Gasteiger partial charge on any atom is -0.313 e. The van der Waals surface area contributed by atoms with Gasteiger partial charge in [-0.2, -0.15) is 4.31 Å². The van der Waals surface area contributed by atoms with Gasteiger partial charge in [-0.15, -0.1) is 6.58 Å². The molecule has 2 rings (SSSR count). The molecular formula is C12H22N2O2S. The van der Waals surface area contributed by atoms with Crippen molar-refractivity contribution >= 4 is 10.0 Å². The Morgan fingerprint density at radius 1 is 1.29 bits per heavy atom. The fourth-order valence-electron chi connectivity index (χ4n) is 2.30. The molecule has 1 aliphatic heterocycles. The van der Waals surface area contributed by atoms with E-state index in [1.54, 1.807) is 4.31 Å². The molecule has 0 radical (unpaired) electrons. The van der Waals surface area contributed by atoms with Crippen LogP contribution >= 0.6 is 0 Å². The highest BCUT2D eigenvalue weighted by molar-refractivity contribution is 7.89. The summed E-state index contributed by atoms with van der Waals surface area (Å²) in [6.45, 7) is 5.89. The smallest absolute Gasteiger partial charge is 0.217 e. The summed E-state index contributed by atoms with van der Waals surface area (Å²) in [6, 6.07) is 0.341. The maximum Gasteiger partial charge on any atom is 0.217 e. The molecule has 0 aromatic heterocycles. The molecule has 0 bridgehead atoms. The van der Waals surface area contributed by atoms with Gasteiger partial charge in [0.1, 0.15) is 0 Å². The molecule has 0 aromatic carbocycles. The van der Waals surface area contributed by atoms with E-state index in [0.29, 0.717) is 25.0 Å². The average Bonchev–Trinajstić information content (AvgIpc) is 2.92. The van der Waals surface area contributed by atoms with Gasteiger partial charge < -0.3 is 5.32 Å². The van der Waals surface area contributed by atoms with Crippen LogP contribution in [0.25, 0.3) is 0 Å². The van der Waals surface area contributed by atoms with Crippen molar-refractivity contribution < 1.29 is 8.42 Å². The van der Waals surface area contributed by atoms with Crippen molar-refractivity contribution in [1.29, 1.82) is 0 Å². The molecule has 0 amide bonds. The highest BCUT2D eigenvalue weighted by atomic mass is 32.2. The summed E-state index contributed by atoms with van der Waals surface area (Å²) < 4.78 is 25.9. The Morgan fingerprint density at radius 2 is 2.06 bits per heavy atom. The van der Waals surface area contributed by atoms with Gasteiger partial charge in [-0.25, -0.2) is 8.42 Å². The molecular weight excluding hydrogens is 236 g/mol. The van der Waals surface area contributed by atoms with E-state index in [0.717, 1.165) is 19.4 Å². The summed E-state index contributed by atoms with van der Waals surface area (Å²) >= 11 is 0. The maximum absolute atomic E-state index is 12.1. The minimum atomic E-state index is -3.14. The Morgan fingerprint density at radius 3 is 2.59 bits per heavy atom. The van der Waals surface area contributed by atoms with Crippen molar-refractivity contribution in [3.8, 4) is 0 Å². The van der Waals surface area contributed by atoms with Crippen LogP contribution in [0.4, 0.5) is 0 Å². The molecule has 1 saturated carbocycles. The molecule has 1 saturated heterocycles. The van der Waals surface area contributed by atoms with Crippen molar-refractivity contribution in [3.05, 3.63) is 12.7 Å². The number of sulfonamides is 1. The second-order valence-electron chi connectivity index (χ2n) is 5.12. The van der Waals surface area contributed by atoms with E-state index >= 15 is 0 Å². The van der Waals surface area contributed by atoms with Crippen LogP contribution in [0.2, 0.25) is 0 Å². The highest BCUT2D eigenvalue weighted by Crippen LogP contribution is 2.30. The van der Waals surface area contributed by atoms with Gasteiger partial charge in [0, 0.05) is 19.1 Å². The summed E-state index contributed by atoms with van der Waals surface area (Å²) in [7, 11) is -3.14. The fourth-order valence-corrected chi connectivity index (χ4v) is 3.66. The molecule has 1 atom stereocenters. The van der Waals surface area contributed by atoms with E-state index in [2.05, 4.69) is 11.9 Å². The molecule has 5 heteroatoms. The summed E-state index contributed by atoms with van der Waals surface area (Å²) in [5.41, 5.74) is 0. The molecule has 1 unspecified atom stereocenters. The molecule has 2 aliphatic rings. The summed E-state index contributed by atoms with van der Waals surface area (Å²) in [6.07, 6.45) is 6.09. The van der Waals surface area contributed by atoms with Crippen molar-refractivity contribution in [2.75, 3.05) is 25.4 Å². The molecule has 17 heavy (non-hydrogen) atoms. The van der Waals surface area contributed by atoms with Crippen LogP contribution in [-0.4, -0.2) is 44.2 Å². The molecule has 1 N–H and O–H groups in total. The van der Waals surface area contributed by atoms with E-state index in [9.17, 15) is 8.42 Å². The Kier molecular flexibility index (Phi) is 4.22. The first kappa shape index (κ1) is 13.1. The Bertz CT molecular complexity index is 357. The first-order valence-corrected chi connectivity index (χ1v) is 8.05. The molecule has 98 valence electrons. The fraction of sp³-hybridized carbons (Fsp3) is 0.833. The van der Waals surface area contributed by atoms with Crippen molar-refractivity contribution in [2.45, 2.75) is 31.7 Å². The third-order valence-electron chi connectivity index (χ3n) is 3.47. The van der Waals surface area contributed by atoms with Gasteiger partial charge in [0.25, 0.3) is 0 Å². The molecule has 0 aromatic rings. The molecule has 1 aliphatic carbocycles. The number of nitrogens with one attached hydrogen (secondary N) is 1. The zero-order chi connectivity index (χ0) is 12.3. The number of rotatable bonds is 7. The Labute approximate surface area is 104 Å². The number of nitrogens with zero attached hydrogens (tertiary/aromatic N) is 1. The Balaban J connectivity index is 1.97. The van der Waals surface area contributed by atoms with Gasteiger partial charge >= 0.3 is 0 Å². The van der Waals surface area contributed by atoms with E-state index in [-0.39, 0.29) is 5.75 Å². The third kappa shape index (κ3) is 3.79. The van der Waals surface area contributed by atoms with E-state index in [1.807, 2.05) is 0 Å². The van der Waals surface area contributed by atoms with Gasteiger partial charge in [0.15, 0.2) is 0 Å². The van der Waals surface area contributed by atoms with Gasteiger partial charge in [-0.05, 0) is 38.1 Å². The highest BCUT2D eigenvalue weighted by Gasteiger charge is 2.32.